The lowest BCUT2D eigenvalue weighted by molar-refractivity contribution is 0.0698. The van der Waals surface area contributed by atoms with E-state index in [-0.39, 0.29) is 12.2 Å². The van der Waals surface area contributed by atoms with Crippen molar-refractivity contribution in [2.75, 3.05) is 6.61 Å². The number of nitrogens with two attached hydrogens (primary N) is 1. The minimum Gasteiger partial charge on any atom is -0.478 e. The summed E-state index contributed by atoms with van der Waals surface area (Å²) in [5.41, 5.74) is 6.15. The summed E-state index contributed by atoms with van der Waals surface area (Å²) in [6.07, 6.45) is -0.861. The monoisotopic (exact) mass is 263 g/mol. The summed E-state index contributed by atoms with van der Waals surface area (Å²) in [5.74, 6) is -0.376. The van der Waals surface area contributed by atoms with Crippen molar-refractivity contribution in [3.63, 3.8) is 0 Å². The number of rotatable bonds is 4. The van der Waals surface area contributed by atoms with E-state index < -0.39 is 12.1 Å². The lowest BCUT2D eigenvalue weighted by Crippen LogP contribution is -2.17. The maximum absolute atomic E-state index is 11.2. The van der Waals surface area contributed by atoms with Crippen LogP contribution in [0.1, 0.15) is 16.2 Å². The van der Waals surface area contributed by atoms with Crippen LogP contribution in [0.25, 0.3) is 11.0 Å². The molecular formula is C12H13N3O4. The number of aromatic carboxylic acids is 1. The van der Waals surface area contributed by atoms with Crippen LogP contribution in [0.4, 0.5) is 4.79 Å². The lowest BCUT2D eigenvalue weighted by Gasteiger charge is -2.08. The zero-order valence-electron chi connectivity index (χ0n) is 10.3. The molecule has 2 rings (SSSR count). The molecule has 0 radical (unpaired) electrons. The van der Waals surface area contributed by atoms with Gasteiger partial charge in [0.2, 0.25) is 0 Å². The van der Waals surface area contributed by atoms with Crippen LogP contribution in [0.3, 0.4) is 0 Å². The number of aryl methyl sites for hydroxylation is 1. The van der Waals surface area contributed by atoms with Crippen LogP contribution in [0.2, 0.25) is 0 Å². The molecule has 0 fully saturated rings. The molecule has 0 spiro atoms. The van der Waals surface area contributed by atoms with Gasteiger partial charge in [0.05, 0.1) is 23.1 Å². The minimum absolute atomic E-state index is 0.0651. The average molecular weight is 263 g/mol. The molecular weight excluding hydrogens is 250 g/mol. The number of carboxylic acid groups (broad SMARTS) is 1. The zero-order chi connectivity index (χ0) is 14.0. The molecule has 0 unspecified atom stereocenters. The SMILES string of the molecule is Cc1nc2cccc(C(=O)O)c2n1CCOC(N)=O. The number of nitrogens with zero attached hydrogens (tertiary/aromatic N) is 2. The summed E-state index contributed by atoms with van der Waals surface area (Å²) in [6, 6.07) is 4.89. The Kier molecular flexibility index (Phi) is 3.37. The Morgan fingerprint density at radius 1 is 1.47 bits per heavy atom. The Balaban J connectivity index is 2.44. The van der Waals surface area contributed by atoms with Crippen LogP contribution in [0, 0.1) is 6.92 Å². The van der Waals surface area contributed by atoms with Crippen molar-refractivity contribution in [3.8, 4) is 0 Å². The number of primary amides is 1. The fourth-order valence-corrected chi connectivity index (χ4v) is 1.99. The Labute approximate surface area is 108 Å². The van der Waals surface area contributed by atoms with Crippen LogP contribution in [-0.2, 0) is 11.3 Å². The van der Waals surface area contributed by atoms with Gasteiger partial charge >= 0.3 is 12.1 Å². The molecule has 1 aromatic carbocycles. The van der Waals surface area contributed by atoms with E-state index in [9.17, 15) is 14.7 Å². The number of carboxylic acids is 1. The fourth-order valence-electron chi connectivity index (χ4n) is 1.99. The summed E-state index contributed by atoms with van der Waals surface area (Å²) < 4.78 is 6.36. The minimum atomic E-state index is -1.03. The second kappa shape index (κ2) is 4.97. The van der Waals surface area contributed by atoms with Gasteiger partial charge in [-0.3, -0.25) is 0 Å². The molecule has 0 bridgehead atoms. The van der Waals surface area contributed by atoms with Gasteiger partial charge in [-0.15, -0.1) is 0 Å². The molecule has 0 atom stereocenters. The second-order valence-corrected chi connectivity index (χ2v) is 3.96. The van der Waals surface area contributed by atoms with Gasteiger partial charge in [0, 0.05) is 0 Å². The third-order valence-corrected chi connectivity index (χ3v) is 2.75. The van der Waals surface area contributed by atoms with Crippen molar-refractivity contribution < 1.29 is 19.4 Å². The first-order valence-corrected chi connectivity index (χ1v) is 5.62. The highest BCUT2D eigenvalue weighted by Crippen LogP contribution is 2.20. The maximum Gasteiger partial charge on any atom is 0.404 e. The standard InChI is InChI=1S/C12H13N3O4/c1-7-14-9-4-2-3-8(11(16)17)10(9)15(7)5-6-19-12(13)18/h2-4H,5-6H2,1H3,(H2,13,18)(H,16,17). The fraction of sp³-hybridized carbons (Fsp3) is 0.250. The molecule has 7 nitrogen and oxygen atoms in total. The number of hydrogen-bond donors (Lipinski definition) is 2. The van der Waals surface area contributed by atoms with E-state index >= 15 is 0 Å². The highest BCUT2D eigenvalue weighted by atomic mass is 16.5. The number of para-hydroxylation sites is 1. The Morgan fingerprint density at radius 3 is 2.84 bits per heavy atom. The van der Waals surface area contributed by atoms with Crippen LogP contribution in [0.5, 0.6) is 0 Å². The highest BCUT2D eigenvalue weighted by molar-refractivity contribution is 6.01. The number of fused-ring (bicyclic) bond motifs is 1. The third kappa shape index (κ3) is 2.49. The van der Waals surface area contributed by atoms with E-state index in [4.69, 9.17) is 5.73 Å². The van der Waals surface area contributed by atoms with Gasteiger partial charge in [-0.25, -0.2) is 14.6 Å². The van der Waals surface area contributed by atoms with Gasteiger partial charge < -0.3 is 20.1 Å². The molecule has 1 heterocycles. The largest absolute Gasteiger partial charge is 0.478 e. The number of hydrogen-bond acceptors (Lipinski definition) is 4. The predicted molar refractivity (Wildman–Crippen MR) is 67.0 cm³/mol. The number of benzene rings is 1. The first-order chi connectivity index (χ1) is 9.00. The molecule has 2 aromatic rings. The van der Waals surface area contributed by atoms with Crippen molar-refractivity contribution in [2.24, 2.45) is 5.73 Å². The van der Waals surface area contributed by atoms with Crippen LogP contribution in [-0.4, -0.2) is 33.3 Å². The van der Waals surface area contributed by atoms with Crippen molar-refractivity contribution in [1.29, 1.82) is 0 Å². The summed E-state index contributed by atoms with van der Waals surface area (Å²) >= 11 is 0. The second-order valence-electron chi connectivity index (χ2n) is 3.96. The van der Waals surface area contributed by atoms with E-state index in [2.05, 4.69) is 9.72 Å². The summed E-state index contributed by atoms with van der Waals surface area (Å²) in [5, 5.41) is 9.18. The number of aromatic nitrogens is 2. The average Bonchev–Trinajstić information content (AvgIpc) is 2.65. The zero-order valence-corrected chi connectivity index (χ0v) is 10.3. The van der Waals surface area contributed by atoms with E-state index in [0.717, 1.165) is 0 Å². The number of ether oxygens (including phenoxy) is 1. The quantitative estimate of drug-likeness (QED) is 0.859. The molecule has 19 heavy (non-hydrogen) atoms. The predicted octanol–water partition coefficient (Wildman–Crippen LogP) is 1.14. The highest BCUT2D eigenvalue weighted by Gasteiger charge is 2.15. The maximum atomic E-state index is 11.2. The normalized spacial score (nSPS) is 10.6. The first kappa shape index (κ1) is 12.9. The van der Waals surface area contributed by atoms with Gasteiger partial charge in [-0.05, 0) is 19.1 Å². The van der Waals surface area contributed by atoms with Crippen molar-refractivity contribution in [2.45, 2.75) is 13.5 Å². The van der Waals surface area contributed by atoms with Gasteiger partial charge in [0.1, 0.15) is 12.4 Å². The van der Waals surface area contributed by atoms with Crippen molar-refractivity contribution in [1.82, 2.24) is 9.55 Å². The van der Waals surface area contributed by atoms with Crippen LogP contribution < -0.4 is 5.73 Å². The molecule has 1 aromatic heterocycles. The smallest absolute Gasteiger partial charge is 0.404 e. The molecule has 0 aliphatic carbocycles. The number of carbonyl (C=O) groups excluding carboxylic acids is 1. The Morgan fingerprint density at radius 2 is 2.21 bits per heavy atom. The van der Waals surface area contributed by atoms with E-state index in [0.29, 0.717) is 23.4 Å². The number of imidazole rings is 1. The van der Waals surface area contributed by atoms with Crippen LogP contribution >= 0.6 is 0 Å². The number of carbonyl (C=O) groups is 2. The van der Waals surface area contributed by atoms with Gasteiger partial charge in [0.15, 0.2) is 0 Å². The van der Waals surface area contributed by atoms with Gasteiger partial charge in [-0.1, -0.05) is 6.07 Å². The van der Waals surface area contributed by atoms with Crippen molar-refractivity contribution >= 4 is 23.1 Å². The van der Waals surface area contributed by atoms with Gasteiger partial charge in [-0.2, -0.15) is 0 Å². The van der Waals surface area contributed by atoms with Crippen LogP contribution in [0.15, 0.2) is 18.2 Å². The topological polar surface area (TPSA) is 107 Å². The number of amides is 1. The molecule has 7 heteroatoms. The van der Waals surface area contributed by atoms with E-state index in [1.165, 1.54) is 6.07 Å². The molecule has 0 aliphatic rings. The molecule has 0 saturated heterocycles. The van der Waals surface area contributed by atoms with E-state index in [1.807, 2.05) is 0 Å². The van der Waals surface area contributed by atoms with E-state index in [1.54, 1.807) is 23.6 Å². The Bertz CT molecular complexity index is 648. The summed E-state index contributed by atoms with van der Waals surface area (Å²) in [4.78, 5) is 26.0. The molecule has 3 N–H and O–H groups in total. The Hall–Kier alpha value is -2.57. The lowest BCUT2D eigenvalue weighted by atomic mass is 10.2. The van der Waals surface area contributed by atoms with Crippen molar-refractivity contribution in [3.05, 3.63) is 29.6 Å². The summed E-state index contributed by atoms with van der Waals surface area (Å²) in [6.45, 7) is 2.13. The molecule has 0 aliphatic heterocycles. The summed E-state index contributed by atoms with van der Waals surface area (Å²) in [7, 11) is 0. The first-order valence-electron chi connectivity index (χ1n) is 5.62. The molecule has 1 amide bonds. The van der Waals surface area contributed by atoms with Gasteiger partial charge in [0.25, 0.3) is 0 Å². The molecule has 0 saturated carbocycles. The third-order valence-electron chi connectivity index (χ3n) is 2.75. The molecule has 100 valence electrons.